The number of ether oxygens (including phenoxy) is 1. The highest BCUT2D eigenvalue weighted by Gasteiger charge is 2.17. The Labute approximate surface area is 119 Å². The Morgan fingerprint density at radius 1 is 1.25 bits per heavy atom. The van der Waals surface area contributed by atoms with Crippen LogP contribution in [0.4, 0.5) is 10.5 Å². The van der Waals surface area contributed by atoms with Crippen molar-refractivity contribution < 1.29 is 9.53 Å². The van der Waals surface area contributed by atoms with E-state index in [9.17, 15) is 4.79 Å². The van der Waals surface area contributed by atoms with Gasteiger partial charge in [0.2, 0.25) is 0 Å². The summed E-state index contributed by atoms with van der Waals surface area (Å²) < 4.78 is 4.89. The fourth-order valence-corrected chi connectivity index (χ4v) is 2.15. The fourth-order valence-electron chi connectivity index (χ4n) is 2.15. The minimum Gasteiger partial charge on any atom is -0.452 e. The maximum atomic E-state index is 12.0. The van der Waals surface area contributed by atoms with Crippen molar-refractivity contribution in [2.75, 3.05) is 12.0 Å². The number of carbonyl (C=O) groups is 1. The van der Waals surface area contributed by atoms with E-state index in [0.29, 0.717) is 6.54 Å². The first kappa shape index (κ1) is 14.1. The van der Waals surface area contributed by atoms with Crippen molar-refractivity contribution >= 4 is 11.8 Å². The summed E-state index contributed by atoms with van der Waals surface area (Å²) in [7, 11) is 1.39. The minimum absolute atomic E-state index is 0.376. The quantitative estimate of drug-likeness (QED) is 0.857. The van der Waals surface area contributed by atoms with Crippen LogP contribution < -0.4 is 4.90 Å². The first-order chi connectivity index (χ1) is 9.60. The summed E-state index contributed by atoms with van der Waals surface area (Å²) in [6, 6.07) is 9.81. The van der Waals surface area contributed by atoms with Crippen LogP contribution >= 0.6 is 0 Å². The minimum atomic E-state index is -0.376. The van der Waals surface area contributed by atoms with Crippen molar-refractivity contribution in [2.24, 2.45) is 0 Å². The van der Waals surface area contributed by atoms with Crippen LogP contribution in [0.1, 0.15) is 16.7 Å². The van der Waals surface area contributed by atoms with Gasteiger partial charge >= 0.3 is 6.09 Å². The molecule has 0 radical (unpaired) electrons. The second-order valence-electron chi connectivity index (χ2n) is 4.76. The Kier molecular flexibility index (Phi) is 4.35. The molecule has 4 heteroatoms. The van der Waals surface area contributed by atoms with Crippen molar-refractivity contribution in [1.29, 1.82) is 0 Å². The van der Waals surface area contributed by atoms with Crippen molar-refractivity contribution in [1.82, 2.24) is 4.98 Å². The van der Waals surface area contributed by atoms with Crippen LogP contribution in [0.15, 0.2) is 42.7 Å². The van der Waals surface area contributed by atoms with Crippen LogP contribution in [0, 0.1) is 13.8 Å². The fraction of sp³-hybridized carbons (Fsp3) is 0.250. The number of hydrogen-bond acceptors (Lipinski definition) is 3. The summed E-state index contributed by atoms with van der Waals surface area (Å²) in [5.41, 5.74) is 4.01. The second kappa shape index (κ2) is 6.19. The van der Waals surface area contributed by atoms with Crippen molar-refractivity contribution in [3.05, 3.63) is 59.4 Å². The van der Waals surface area contributed by atoms with Crippen LogP contribution in [0.25, 0.3) is 0 Å². The molecule has 0 fully saturated rings. The number of benzene rings is 1. The van der Waals surface area contributed by atoms with Gasteiger partial charge in [-0.25, -0.2) is 4.79 Å². The molecule has 4 nitrogen and oxygen atoms in total. The zero-order valence-corrected chi connectivity index (χ0v) is 12.0. The van der Waals surface area contributed by atoms with Gasteiger partial charge in [-0.15, -0.1) is 0 Å². The van der Waals surface area contributed by atoms with Gasteiger partial charge in [0.15, 0.2) is 0 Å². The molecule has 2 rings (SSSR count). The van der Waals surface area contributed by atoms with Gasteiger partial charge in [0.25, 0.3) is 0 Å². The molecule has 0 spiro atoms. The van der Waals surface area contributed by atoms with E-state index in [4.69, 9.17) is 4.74 Å². The van der Waals surface area contributed by atoms with Gasteiger partial charge in [-0.2, -0.15) is 0 Å². The van der Waals surface area contributed by atoms with Gasteiger partial charge in [-0.1, -0.05) is 12.1 Å². The molecule has 104 valence electrons. The number of hydrogen-bond donors (Lipinski definition) is 0. The third-order valence-electron chi connectivity index (χ3n) is 2.98. The topological polar surface area (TPSA) is 42.4 Å². The molecule has 0 aliphatic heterocycles. The van der Waals surface area contributed by atoms with Gasteiger partial charge in [0, 0.05) is 18.1 Å². The van der Waals surface area contributed by atoms with E-state index in [0.717, 1.165) is 22.4 Å². The number of anilines is 1. The lowest BCUT2D eigenvalue weighted by Crippen LogP contribution is -2.30. The first-order valence-electron chi connectivity index (χ1n) is 6.43. The highest BCUT2D eigenvalue weighted by atomic mass is 16.5. The number of aromatic nitrogens is 1. The zero-order chi connectivity index (χ0) is 14.5. The maximum Gasteiger partial charge on any atom is 0.414 e. The lowest BCUT2D eigenvalue weighted by atomic mass is 10.1. The largest absolute Gasteiger partial charge is 0.452 e. The van der Waals surface area contributed by atoms with Crippen LogP contribution in [0.3, 0.4) is 0 Å². The van der Waals surface area contributed by atoms with E-state index in [-0.39, 0.29) is 6.09 Å². The summed E-state index contributed by atoms with van der Waals surface area (Å²) in [5.74, 6) is 0. The smallest absolute Gasteiger partial charge is 0.414 e. The van der Waals surface area contributed by atoms with Crippen molar-refractivity contribution in [3.63, 3.8) is 0 Å². The Bertz CT molecular complexity index is 576. The summed E-state index contributed by atoms with van der Waals surface area (Å²) >= 11 is 0. The van der Waals surface area contributed by atoms with Crippen LogP contribution in [0.5, 0.6) is 0 Å². The number of nitrogens with zero attached hydrogens (tertiary/aromatic N) is 2. The first-order valence-corrected chi connectivity index (χ1v) is 6.43. The van der Waals surface area contributed by atoms with E-state index in [1.807, 2.05) is 38.1 Å². The molecule has 0 N–H and O–H groups in total. The molecule has 1 aromatic carbocycles. The number of rotatable bonds is 3. The third kappa shape index (κ3) is 3.35. The van der Waals surface area contributed by atoms with Crippen LogP contribution in [-0.4, -0.2) is 18.2 Å². The predicted molar refractivity (Wildman–Crippen MR) is 78.7 cm³/mol. The molecule has 0 bridgehead atoms. The molecule has 1 heterocycles. The SMILES string of the molecule is COC(=O)N(Cc1cccnc1)c1cc(C)cc(C)c1. The van der Waals surface area contributed by atoms with Crippen LogP contribution in [0.2, 0.25) is 0 Å². The lowest BCUT2D eigenvalue weighted by Gasteiger charge is -2.22. The van der Waals surface area contributed by atoms with Gasteiger partial charge < -0.3 is 4.74 Å². The molecular formula is C16H18N2O2. The van der Waals surface area contributed by atoms with Gasteiger partial charge in [0.1, 0.15) is 0 Å². The van der Waals surface area contributed by atoms with E-state index in [2.05, 4.69) is 11.1 Å². The lowest BCUT2D eigenvalue weighted by molar-refractivity contribution is 0.178. The highest BCUT2D eigenvalue weighted by molar-refractivity contribution is 5.87. The van der Waals surface area contributed by atoms with Gasteiger partial charge in [-0.3, -0.25) is 9.88 Å². The Morgan fingerprint density at radius 2 is 1.95 bits per heavy atom. The Morgan fingerprint density at radius 3 is 2.50 bits per heavy atom. The summed E-state index contributed by atoms with van der Waals surface area (Å²) in [4.78, 5) is 17.7. The number of pyridine rings is 1. The molecule has 2 aromatic rings. The highest BCUT2D eigenvalue weighted by Crippen LogP contribution is 2.21. The second-order valence-corrected chi connectivity index (χ2v) is 4.76. The number of amides is 1. The molecule has 0 aliphatic carbocycles. The average molecular weight is 270 g/mol. The molecule has 0 saturated heterocycles. The van der Waals surface area contributed by atoms with Gasteiger partial charge in [-0.05, 0) is 48.7 Å². The Balaban J connectivity index is 2.34. The summed E-state index contributed by atoms with van der Waals surface area (Å²) in [6.07, 6.45) is 3.08. The van der Waals surface area contributed by atoms with E-state index >= 15 is 0 Å². The third-order valence-corrected chi connectivity index (χ3v) is 2.98. The Hall–Kier alpha value is -2.36. The number of carbonyl (C=O) groups excluding carboxylic acids is 1. The maximum absolute atomic E-state index is 12.0. The summed E-state index contributed by atoms with van der Waals surface area (Å²) in [6.45, 7) is 4.45. The van der Waals surface area contributed by atoms with E-state index < -0.39 is 0 Å². The standard InChI is InChI=1S/C16H18N2O2/c1-12-7-13(2)9-15(8-12)18(16(19)20-3)11-14-5-4-6-17-10-14/h4-10H,11H2,1-3H3. The van der Waals surface area contributed by atoms with E-state index in [1.54, 1.807) is 17.3 Å². The summed E-state index contributed by atoms with van der Waals surface area (Å²) in [5, 5.41) is 0. The molecule has 0 aliphatic rings. The van der Waals surface area contributed by atoms with Gasteiger partial charge in [0.05, 0.1) is 13.7 Å². The molecule has 1 amide bonds. The molecule has 0 unspecified atom stereocenters. The number of aryl methyl sites for hydroxylation is 2. The molecule has 0 atom stereocenters. The normalized spacial score (nSPS) is 10.2. The molecule has 0 saturated carbocycles. The van der Waals surface area contributed by atoms with Crippen LogP contribution in [-0.2, 0) is 11.3 Å². The average Bonchev–Trinajstić information content (AvgIpc) is 2.44. The molecular weight excluding hydrogens is 252 g/mol. The monoisotopic (exact) mass is 270 g/mol. The van der Waals surface area contributed by atoms with Crippen molar-refractivity contribution in [2.45, 2.75) is 20.4 Å². The number of methoxy groups -OCH3 is 1. The molecule has 20 heavy (non-hydrogen) atoms. The zero-order valence-electron chi connectivity index (χ0n) is 12.0. The van der Waals surface area contributed by atoms with Crippen molar-refractivity contribution in [3.8, 4) is 0 Å². The molecule has 1 aromatic heterocycles. The van der Waals surface area contributed by atoms with E-state index in [1.165, 1.54) is 7.11 Å². The predicted octanol–water partition coefficient (Wildman–Crippen LogP) is 3.47.